The predicted octanol–water partition coefficient (Wildman–Crippen LogP) is 10.8. The minimum absolute atomic E-state index is 0.0218. The fraction of sp³-hybridized carbons (Fsp3) is 0.766. The number of aliphatic hydroxyl groups excluding tert-OH is 4. The molecule has 4 bridgehead atoms. The van der Waals surface area contributed by atoms with Crippen molar-refractivity contribution in [3.8, 4) is 11.5 Å². The van der Waals surface area contributed by atoms with Crippen LogP contribution in [0, 0.1) is 52.8 Å². The van der Waals surface area contributed by atoms with Crippen LogP contribution in [-0.2, 0) is 32.3 Å². The van der Waals surface area contributed by atoms with E-state index in [-0.39, 0.29) is 55.0 Å². The number of furan rings is 1. The number of H-pyrrole nitrogens is 1. The molecular weight excluding hydrogens is 1030 g/mol. The number of phenols is 1. The molecule has 0 unspecified atom stereocenters. The van der Waals surface area contributed by atoms with E-state index in [4.69, 9.17) is 25.6 Å². The lowest BCUT2D eigenvalue weighted by atomic mass is 9.62. The first kappa shape index (κ1) is 59.3. The van der Waals surface area contributed by atoms with Crippen LogP contribution in [0.15, 0.2) is 39.7 Å². The zero-order chi connectivity index (χ0) is 55.0. The molecule has 10 rings (SSSR count). The lowest BCUT2D eigenvalue weighted by Gasteiger charge is -2.46. The van der Waals surface area contributed by atoms with Crippen LogP contribution in [0.3, 0.4) is 0 Å². The predicted molar refractivity (Wildman–Crippen MR) is 320 cm³/mol. The van der Waals surface area contributed by atoms with Crippen molar-refractivity contribution in [2.45, 2.75) is 223 Å². The minimum Gasteiger partial charge on any atom is -0.504 e. The third kappa shape index (κ3) is 14.4. The Morgan fingerprint density at radius 1 is 0.886 bits per heavy atom. The van der Waals surface area contributed by atoms with Crippen molar-refractivity contribution in [2.75, 3.05) is 31.3 Å². The SMILES string of the molecule is C[C@H](O)CN[C@H](CCCO)[C@@H]1c2cc([C@@H](O)COc3cc(CCc4cc(CO)c(CC[C@@H]5CC[C@H]6[C@H]7CSSC[C@@H](N=C(N)NC8CCCCC8)[C@@H](C)CC[C@H]6[C@H](C5)C[C@H]7N)o4)ccc3O)[nH]c2CC2(CCCC2)[C@H]2CCC[C@@H]12. The molecule has 12 N–H and O–H groups in total. The van der Waals surface area contributed by atoms with Gasteiger partial charge in [-0.05, 0) is 198 Å². The van der Waals surface area contributed by atoms with Crippen molar-refractivity contribution in [2.24, 2.45) is 69.2 Å². The molecule has 3 heterocycles. The molecule has 6 aliphatic carbocycles. The van der Waals surface area contributed by atoms with E-state index in [1.54, 1.807) is 6.07 Å². The van der Waals surface area contributed by atoms with Gasteiger partial charge in [0.1, 0.15) is 24.2 Å². The lowest BCUT2D eigenvalue weighted by molar-refractivity contribution is 0.0716. The zero-order valence-electron chi connectivity index (χ0n) is 47.9. The number of hydrogen-bond donors (Lipinski definition) is 10. The number of aliphatic imine (C=N–C) groups is 1. The van der Waals surface area contributed by atoms with Crippen LogP contribution in [-0.4, -0.2) is 98.0 Å². The van der Waals surface area contributed by atoms with Gasteiger partial charge in [0.2, 0.25) is 0 Å². The number of guanidine groups is 1. The Labute approximate surface area is 480 Å². The van der Waals surface area contributed by atoms with Gasteiger partial charge >= 0.3 is 0 Å². The summed E-state index contributed by atoms with van der Waals surface area (Å²) in [6.07, 6.45) is 26.4. The van der Waals surface area contributed by atoms with Crippen LogP contribution in [0.2, 0.25) is 0 Å². The first-order valence-electron chi connectivity index (χ1n) is 31.6. The number of fused-ring (bicyclic) bond motifs is 3. The van der Waals surface area contributed by atoms with Gasteiger partial charge < -0.3 is 61.8 Å². The summed E-state index contributed by atoms with van der Waals surface area (Å²) in [6, 6.07) is 10.7. The number of aromatic nitrogens is 1. The van der Waals surface area contributed by atoms with E-state index in [1.165, 1.54) is 120 Å². The van der Waals surface area contributed by atoms with Crippen LogP contribution in [0.1, 0.15) is 200 Å². The molecule has 14 atom stereocenters. The zero-order valence-corrected chi connectivity index (χ0v) is 49.6. The fourth-order valence-electron chi connectivity index (χ4n) is 17.1. The highest BCUT2D eigenvalue weighted by atomic mass is 33.1. The summed E-state index contributed by atoms with van der Waals surface area (Å²) in [5.74, 6) is 9.82. The van der Waals surface area contributed by atoms with E-state index in [1.807, 2.05) is 46.7 Å². The molecule has 7 aliphatic rings. The molecule has 6 fully saturated rings. The number of rotatable bonds is 20. The number of ether oxygens (including phenoxy) is 1. The van der Waals surface area contributed by atoms with Crippen molar-refractivity contribution in [3.05, 3.63) is 69.9 Å². The Morgan fingerprint density at radius 3 is 2.49 bits per heavy atom. The molecule has 2 aromatic heterocycles. The van der Waals surface area contributed by atoms with Gasteiger partial charge in [-0.1, -0.05) is 79.5 Å². The number of aromatic amines is 1. The van der Waals surface area contributed by atoms with Crippen LogP contribution in [0.25, 0.3) is 0 Å². The second-order valence-electron chi connectivity index (χ2n) is 26.4. The lowest BCUT2D eigenvalue weighted by Crippen LogP contribution is -2.47. The Hall–Kier alpha value is -2.89. The monoisotopic (exact) mass is 1130 g/mol. The van der Waals surface area contributed by atoms with E-state index in [2.05, 4.69) is 28.6 Å². The maximum absolute atomic E-state index is 11.8. The number of aryl methyl sites for hydroxylation is 3. The highest BCUT2D eigenvalue weighted by molar-refractivity contribution is 8.76. The average Bonchev–Trinajstić information content (AvgIpc) is 4.42. The van der Waals surface area contributed by atoms with Gasteiger partial charge in [-0.15, -0.1) is 0 Å². The molecule has 15 heteroatoms. The summed E-state index contributed by atoms with van der Waals surface area (Å²) < 4.78 is 12.8. The number of benzene rings is 1. The highest BCUT2D eigenvalue weighted by Gasteiger charge is 2.53. The molecule has 13 nitrogen and oxygen atoms in total. The van der Waals surface area contributed by atoms with Crippen molar-refractivity contribution in [3.63, 3.8) is 0 Å². The normalized spacial score (nSPS) is 31.6. The van der Waals surface area contributed by atoms with E-state index < -0.39 is 12.2 Å². The quantitative estimate of drug-likeness (QED) is 0.0289. The molecule has 0 radical (unpaired) electrons. The van der Waals surface area contributed by atoms with E-state index in [0.717, 1.165) is 72.0 Å². The Morgan fingerprint density at radius 2 is 1.70 bits per heavy atom. The minimum atomic E-state index is -0.938. The number of hydrogen-bond acceptors (Lipinski definition) is 12. The van der Waals surface area contributed by atoms with E-state index in [0.29, 0.717) is 90.9 Å². The Kier molecular flexibility index (Phi) is 20.8. The smallest absolute Gasteiger partial charge is 0.189 e. The second kappa shape index (κ2) is 27.7. The van der Waals surface area contributed by atoms with Gasteiger partial charge in [0.05, 0.1) is 18.8 Å². The van der Waals surface area contributed by atoms with Gasteiger partial charge in [-0.3, -0.25) is 0 Å². The summed E-state index contributed by atoms with van der Waals surface area (Å²) in [7, 11) is 3.99. The van der Waals surface area contributed by atoms with Crippen LogP contribution >= 0.6 is 21.6 Å². The Balaban J connectivity index is 0.752. The summed E-state index contributed by atoms with van der Waals surface area (Å²) in [4.78, 5) is 8.89. The van der Waals surface area contributed by atoms with Crippen molar-refractivity contribution < 1.29 is 34.7 Å². The summed E-state index contributed by atoms with van der Waals surface area (Å²) in [5.41, 5.74) is 19.1. The largest absolute Gasteiger partial charge is 0.504 e. The fourth-order valence-corrected chi connectivity index (χ4v) is 20.0. The highest BCUT2D eigenvalue weighted by Crippen LogP contribution is 2.61. The topological polar surface area (TPSA) is 228 Å². The Bertz CT molecular complexity index is 2420. The maximum Gasteiger partial charge on any atom is 0.189 e. The first-order valence-corrected chi connectivity index (χ1v) is 34.0. The van der Waals surface area contributed by atoms with Crippen LogP contribution in [0.4, 0.5) is 0 Å². The summed E-state index contributed by atoms with van der Waals surface area (Å²) in [5, 5.41) is 61.1. The van der Waals surface area contributed by atoms with Crippen LogP contribution in [0.5, 0.6) is 11.5 Å². The first-order chi connectivity index (χ1) is 38.4. The summed E-state index contributed by atoms with van der Waals surface area (Å²) in [6.45, 7) is 4.79. The van der Waals surface area contributed by atoms with Gasteiger partial charge in [0, 0.05) is 78.5 Å². The van der Waals surface area contributed by atoms with Crippen molar-refractivity contribution >= 4 is 27.5 Å². The second-order valence-corrected chi connectivity index (χ2v) is 28.9. The maximum atomic E-state index is 11.8. The van der Waals surface area contributed by atoms with Crippen molar-refractivity contribution in [1.29, 1.82) is 0 Å². The molecule has 5 saturated carbocycles. The van der Waals surface area contributed by atoms with E-state index >= 15 is 0 Å². The third-order valence-corrected chi connectivity index (χ3v) is 23.7. The van der Waals surface area contributed by atoms with Gasteiger partial charge in [0.25, 0.3) is 0 Å². The third-order valence-electron chi connectivity index (χ3n) is 21.2. The number of aliphatic hydroxyl groups is 4. The number of nitrogens with two attached hydrogens (primary N) is 2. The standard InChI is InChI=1S/C64H100N6O7S2/c1-39-15-21-47-43-28-41(17-22-48(47)51(53(65)31-43)37-78-79-38-57(39)70-63(66)68-45-10-4-3-5-11-45)19-24-60-44(35-72)30-46(77-60)20-16-42-18-23-58(74)61(29-42)76-36-59(75)55-32-50-56(69-55)33-64(25-6-7-26-64)52-13-8-12-49(52)62(50)54(14-9-27-71)67-34-40(2)73/h18,23,29-30,32,39-41,43,45,47-49,51-54,57,59,62,67,69,71-75H,3-17,19-22,24-28,31,33-38,65H2,1-2H3,(H3,66,68,70)/t39-,40-,41-,43+,47-,48+,49+,51+,52-,53+,54+,57+,59-,62-/m0/s1. The summed E-state index contributed by atoms with van der Waals surface area (Å²) >= 11 is 0. The van der Waals surface area contributed by atoms with E-state index in [9.17, 15) is 25.5 Å². The molecular formula is C64H100N6O7S2. The molecule has 1 aliphatic heterocycles. The molecule has 79 heavy (non-hydrogen) atoms. The number of nitrogens with one attached hydrogen (secondary N) is 3. The number of nitrogens with zero attached hydrogens (tertiary/aromatic N) is 1. The molecule has 440 valence electrons. The van der Waals surface area contributed by atoms with Crippen molar-refractivity contribution in [1.82, 2.24) is 15.6 Å². The molecule has 1 aromatic carbocycles. The molecule has 1 saturated heterocycles. The van der Waals surface area contributed by atoms with Gasteiger partial charge in [-0.25, -0.2) is 4.99 Å². The van der Waals surface area contributed by atoms with Crippen LogP contribution < -0.4 is 26.8 Å². The molecule has 3 aromatic rings. The number of aromatic hydroxyl groups is 1. The van der Waals surface area contributed by atoms with Gasteiger partial charge in [-0.2, -0.15) is 0 Å². The number of phenolic OH excluding ortho intramolecular Hbond substituents is 1. The van der Waals surface area contributed by atoms with Gasteiger partial charge in [0.15, 0.2) is 17.5 Å². The molecule has 0 amide bonds. The molecule has 1 spiro atoms. The average molecular weight is 1130 g/mol.